The third-order valence-electron chi connectivity index (χ3n) is 12.5. The van der Waals surface area contributed by atoms with E-state index in [1.54, 1.807) is 20.8 Å². The predicted molar refractivity (Wildman–Crippen MR) is 265 cm³/mol. The molecule has 0 spiro atoms. The molecule has 374 valence electrons. The molecule has 3 aliphatic rings. The van der Waals surface area contributed by atoms with Gasteiger partial charge >= 0.3 is 12.1 Å². The van der Waals surface area contributed by atoms with E-state index in [9.17, 15) is 24.0 Å². The Hall–Kier alpha value is -5.78. The van der Waals surface area contributed by atoms with Gasteiger partial charge in [-0.3, -0.25) is 19.2 Å². The number of carbonyl (C=O) groups is 5. The van der Waals surface area contributed by atoms with Gasteiger partial charge in [0, 0.05) is 12.3 Å². The van der Waals surface area contributed by atoms with Gasteiger partial charge in [0.1, 0.15) is 43.0 Å². The van der Waals surface area contributed by atoms with Crippen molar-refractivity contribution in [2.75, 3.05) is 25.2 Å². The summed E-state index contributed by atoms with van der Waals surface area (Å²) in [7, 11) is 0. The summed E-state index contributed by atoms with van der Waals surface area (Å²) in [4.78, 5) is 70.2. The van der Waals surface area contributed by atoms with Crippen molar-refractivity contribution in [3.8, 4) is 11.1 Å². The number of alkyl carbamates (subject to hydrolysis) is 1. The Morgan fingerprint density at radius 1 is 0.700 bits per heavy atom. The zero-order chi connectivity index (χ0) is 49.8. The molecule has 0 bridgehead atoms. The van der Waals surface area contributed by atoms with Crippen molar-refractivity contribution < 1.29 is 52.4 Å². The SMILES string of the molecule is CCOC(=O)C[C@@H](NC(=O)[C@@H](CCSC)NC(=O)[C@H](Cc1ccccc1)NC(=O)[C@@H](CC(C)C)NC(=O)OCC1c2ccccc2-c2ccccc21)[C@H]1O[C@@H]2OC(C)(C)O[C@@H]2[C@H]1OCc1ccccc1. The van der Waals surface area contributed by atoms with Crippen molar-refractivity contribution in [1.29, 1.82) is 0 Å². The topological polar surface area (TPSA) is 189 Å². The van der Waals surface area contributed by atoms with Crippen LogP contribution >= 0.6 is 11.8 Å². The van der Waals surface area contributed by atoms with Gasteiger partial charge in [-0.15, -0.1) is 0 Å². The molecule has 0 radical (unpaired) electrons. The zero-order valence-electron chi connectivity index (χ0n) is 40.7. The number of ether oxygens (including phenoxy) is 6. The number of nitrogens with one attached hydrogen (secondary N) is 4. The molecule has 4 N–H and O–H groups in total. The molecule has 2 aliphatic heterocycles. The maximum Gasteiger partial charge on any atom is 0.407 e. The maximum absolute atomic E-state index is 14.6. The first kappa shape index (κ1) is 52.1. The van der Waals surface area contributed by atoms with Gasteiger partial charge in [0.25, 0.3) is 0 Å². The normalized spacial score (nSPS) is 20.5. The molecule has 8 atom stereocenters. The molecule has 0 saturated carbocycles. The Labute approximate surface area is 414 Å². The third kappa shape index (κ3) is 13.5. The van der Waals surface area contributed by atoms with Gasteiger partial charge in [0.15, 0.2) is 12.1 Å². The van der Waals surface area contributed by atoms with E-state index in [0.29, 0.717) is 5.75 Å². The fraction of sp³-hybridized carbons (Fsp3) is 0.463. The van der Waals surface area contributed by atoms with E-state index in [4.69, 9.17) is 28.4 Å². The van der Waals surface area contributed by atoms with E-state index < -0.39 is 84.3 Å². The second-order valence-electron chi connectivity index (χ2n) is 18.7. The molecule has 2 heterocycles. The molecular formula is C54H66N4O11S. The van der Waals surface area contributed by atoms with E-state index in [1.807, 2.05) is 117 Å². The number of benzene rings is 4. The van der Waals surface area contributed by atoms with Crippen LogP contribution in [0.25, 0.3) is 11.1 Å². The molecular weight excluding hydrogens is 913 g/mol. The lowest BCUT2D eigenvalue weighted by Crippen LogP contribution is -2.59. The molecule has 2 saturated heterocycles. The van der Waals surface area contributed by atoms with Crippen molar-refractivity contribution in [2.24, 2.45) is 5.92 Å². The molecule has 4 amide bonds. The van der Waals surface area contributed by atoms with Crippen LogP contribution in [0.15, 0.2) is 109 Å². The van der Waals surface area contributed by atoms with Gasteiger partial charge in [-0.1, -0.05) is 123 Å². The van der Waals surface area contributed by atoms with Crippen molar-refractivity contribution in [1.82, 2.24) is 21.3 Å². The summed E-state index contributed by atoms with van der Waals surface area (Å²) in [5.41, 5.74) is 5.95. The summed E-state index contributed by atoms with van der Waals surface area (Å²) < 4.78 is 36.4. The van der Waals surface area contributed by atoms with Crippen LogP contribution in [0.1, 0.15) is 82.1 Å². The van der Waals surface area contributed by atoms with Crippen LogP contribution in [0.5, 0.6) is 0 Å². The van der Waals surface area contributed by atoms with E-state index in [2.05, 4.69) is 33.4 Å². The molecule has 16 heteroatoms. The van der Waals surface area contributed by atoms with Gasteiger partial charge < -0.3 is 49.7 Å². The van der Waals surface area contributed by atoms with Gasteiger partial charge in [0.2, 0.25) is 17.7 Å². The second kappa shape index (κ2) is 24.4. The van der Waals surface area contributed by atoms with Crippen LogP contribution in [-0.4, -0.2) is 110 Å². The minimum Gasteiger partial charge on any atom is -0.466 e. The summed E-state index contributed by atoms with van der Waals surface area (Å²) in [6.07, 6.45) is -1.85. The quantitative estimate of drug-likeness (QED) is 0.0570. The highest BCUT2D eigenvalue weighted by molar-refractivity contribution is 7.98. The van der Waals surface area contributed by atoms with Gasteiger partial charge in [-0.25, -0.2) is 4.79 Å². The molecule has 0 unspecified atom stereocenters. The summed E-state index contributed by atoms with van der Waals surface area (Å²) in [6.45, 7) is 9.47. The molecule has 4 aromatic rings. The van der Waals surface area contributed by atoms with E-state index in [0.717, 1.165) is 33.4 Å². The Morgan fingerprint density at radius 3 is 1.91 bits per heavy atom. The average Bonchev–Trinajstić information content (AvgIpc) is 3.95. The molecule has 1 aliphatic carbocycles. The first-order valence-corrected chi connectivity index (χ1v) is 25.5. The van der Waals surface area contributed by atoms with Crippen LogP contribution in [0, 0.1) is 5.92 Å². The fourth-order valence-corrected chi connectivity index (χ4v) is 9.78. The van der Waals surface area contributed by atoms with Crippen LogP contribution in [0.3, 0.4) is 0 Å². The number of esters is 1. The highest BCUT2D eigenvalue weighted by Crippen LogP contribution is 2.45. The van der Waals surface area contributed by atoms with Crippen LogP contribution < -0.4 is 21.3 Å². The lowest BCUT2D eigenvalue weighted by molar-refractivity contribution is -0.223. The van der Waals surface area contributed by atoms with Gasteiger partial charge in [-0.05, 0) is 84.9 Å². The second-order valence-corrected chi connectivity index (χ2v) is 19.7. The molecule has 15 nitrogen and oxygen atoms in total. The van der Waals surface area contributed by atoms with E-state index in [1.165, 1.54) is 11.8 Å². The number of hydrogen-bond acceptors (Lipinski definition) is 12. The summed E-state index contributed by atoms with van der Waals surface area (Å²) in [6, 6.07) is 30.5. The molecule has 70 heavy (non-hydrogen) atoms. The predicted octanol–water partition coefficient (Wildman–Crippen LogP) is 6.81. The smallest absolute Gasteiger partial charge is 0.407 e. The Balaban J connectivity index is 1.07. The number of thioether (sulfide) groups is 1. The van der Waals surface area contributed by atoms with Crippen LogP contribution in [0.4, 0.5) is 4.79 Å². The minimum absolute atomic E-state index is 0.0235. The Kier molecular flexibility index (Phi) is 18.1. The number of rotatable bonds is 23. The van der Waals surface area contributed by atoms with Crippen LogP contribution in [0.2, 0.25) is 0 Å². The van der Waals surface area contributed by atoms with E-state index >= 15 is 0 Å². The zero-order valence-corrected chi connectivity index (χ0v) is 41.5. The minimum atomic E-state index is -1.17. The molecule has 4 aromatic carbocycles. The summed E-state index contributed by atoms with van der Waals surface area (Å²) in [5.74, 6) is -3.05. The molecule has 0 aromatic heterocycles. The van der Waals surface area contributed by atoms with Gasteiger partial charge in [0.05, 0.1) is 25.7 Å². The number of fused-ring (bicyclic) bond motifs is 4. The molecule has 7 rings (SSSR count). The van der Waals surface area contributed by atoms with Gasteiger partial charge in [-0.2, -0.15) is 11.8 Å². The lowest BCUT2D eigenvalue weighted by atomic mass is 9.98. The first-order chi connectivity index (χ1) is 33.7. The number of hydrogen-bond donors (Lipinski definition) is 4. The monoisotopic (exact) mass is 978 g/mol. The fourth-order valence-electron chi connectivity index (χ4n) is 9.31. The largest absolute Gasteiger partial charge is 0.466 e. The van der Waals surface area contributed by atoms with Crippen molar-refractivity contribution in [3.05, 3.63) is 131 Å². The molecule has 2 fully saturated rings. The summed E-state index contributed by atoms with van der Waals surface area (Å²) >= 11 is 1.49. The highest BCUT2D eigenvalue weighted by Gasteiger charge is 2.57. The third-order valence-corrected chi connectivity index (χ3v) is 13.2. The Morgan fingerprint density at radius 2 is 1.29 bits per heavy atom. The van der Waals surface area contributed by atoms with Crippen LogP contribution in [-0.2, 0) is 60.6 Å². The van der Waals surface area contributed by atoms with E-state index in [-0.39, 0.29) is 57.3 Å². The van der Waals surface area contributed by atoms with Crippen molar-refractivity contribution >= 4 is 41.5 Å². The standard InChI is InChI=1S/C54H66N4O11S/c1-7-64-45(59)30-42(46-47(65-31-35-20-12-9-13-21-35)48-52(67-46)69-54(4,5)68-48)56-49(60)41(26-27-70-6)55-51(62)44(29-34-18-10-8-11-19-34)57-50(61)43(28-33(2)3)58-53(63)66-32-40-38-24-16-14-22-36(38)37-23-15-17-25-39(37)40/h8-25,33,40-44,46-48,52H,7,26-32H2,1-6H3,(H,55,62)(H,56,60)(H,57,61)(H,58,63)/t41-,42-,43-,44+,46-,47+,48-,52-/m1/s1. The lowest BCUT2D eigenvalue weighted by Gasteiger charge is -2.32. The van der Waals surface area contributed by atoms with Crippen molar-refractivity contribution in [3.63, 3.8) is 0 Å². The maximum atomic E-state index is 14.6. The Bertz CT molecular complexity index is 2360. The average molecular weight is 979 g/mol. The summed E-state index contributed by atoms with van der Waals surface area (Å²) in [5, 5.41) is 11.6. The highest BCUT2D eigenvalue weighted by atomic mass is 32.2. The first-order valence-electron chi connectivity index (χ1n) is 24.1. The number of carbonyl (C=O) groups excluding carboxylic acids is 5. The van der Waals surface area contributed by atoms with Crippen molar-refractivity contribution in [2.45, 2.75) is 127 Å². The number of amides is 4.